The van der Waals surface area contributed by atoms with E-state index in [2.05, 4.69) is 5.32 Å². The van der Waals surface area contributed by atoms with Gasteiger partial charge in [-0.25, -0.2) is 0 Å². The fraction of sp³-hybridized carbons (Fsp3) is 0.353. The van der Waals surface area contributed by atoms with E-state index in [9.17, 15) is 30.0 Å². The van der Waals surface area contributed by atoms with Gasteiger partial charge < -0.3 is 30.2 Å². The van der Waals surface area contributed by atoms with Crippen LogP contribution < -0.4 is 10.2 Å². The molecule has 1 fully saturated rings. The third-order valence-electron chi connectivity index (χ3n) is 8.50. The number of allylic oxidation sites excluding steroid dienone is 1. The van der Waals surface area contributed by atoms with Gasteiger partial charge in [0, 0.05) is 17.3 Å². The van der Waals surface area contributed by atoms with Gasteiger partial charge in [0.1, 0.15) is 18.1 Å². The molecule has 2 aromatic carbocycles. The van der Waals surface area contributed by atoms with Crippen LogP contribution in [0.1, 0.15) is 44.1 Å². The molecule has 5 N–H and O–H groups in total. The van der Waals surface area contributed by atoms with E-state index in [1.54, 1.807) is 36.4 Å². The molecular formula is C34H38N2O7. The number of furan rings is 1. The maximum Gasteiger partial charge on any atom is 0.238 e. The highest BCUT2D eigenvalue weighted by molar-refractivity contribution is 6.22. The molecule has 0 spiro atoms. The monoisotopic (exact) mass is 586 g/mol. The number of hydrogen-bond donors (Lipinski definition) is 5. The van der Waals surface area contributed by atoms with E-state index in [1.807, 2.05) is 43.3 Å². The molecule has 4 atom stereocenters. The van der Waals surface area contributed by atoms with Gasteiger partial charge in [-0.2, -0.15) is 0 Å². The number of carbonyl (C=O) groups excluding carboxylic acids is 2. The zero-order valence-electron chi connectivity index (χ0n) is 24.1. The van der Waals surface area contributed by atoms with E-state index in [-0.39, 0.29) is 25.5 Å². The standard InChI is InChI=1S/C34H38N2O7/c1-2-21(16-26-13-14-27(19-38)43-26)8-15-30(40)31-22(18-37)17-28-32(29(31)20-39)34(42)36(33(28)41)25-11-9-24(10-12-25)35-23-6-4-3-5-7-23/h3-7,9-14,16,28-30,32,35,37-40H,2,8,15,17-20H2,1H3/b21-16+/t28-,29+,30-,32-/m1/s1. The first-order valence-electron chi connectivity index (χ1n) is 14.7. The number of rotatable bonds is 12. The lowest BCUT2D eigenvalue weighted by atomic mass is 9.68. The summed E-state index contributed by atoms with van der Waals surface area (Å²) >= 11 is 0. The summed E-state index contributed by atoms with van der Waals surface area (Å²) in [7, 11) is 0. The Kier molecular flexibility index (Phi) is 9.57. The van der Waals surface area contributed by atoms with Crippen molar-refractivity contribution in [2.24, 2.45) is 17.8 Å². The van der Waals surface area contributed by atoms with Crippen molar-refractivity contribution in [2.75, 3.05) is 23.4 Å². The second kappa shape index (κ2) is 13.5. The molecule has 0 radical (unpaired) electrons. The van der Waals surface area contributed by atoms with Crippen molar-refractivity contribution in [3.63, 3.8) is 0 Å². The molecule has 1 aromatic heterocycles. The molecule has 226 valence electrons. The number of amides is 2. The lowest BCUT2D eigenvalue weighted by molar-refractivity contribution is -0.123. The highest BCUT2D eigenvalue weighted by Gasteiger charge is 2.55. The minimum atomic E-state index is -1.01. The quantitative estimate of drug-likeness (QED) is 0.154. The molecule has 2 aliphatic rings. The first kappa shape index (κ1) is 30.4. The van der Waals surface area contributed by atoms with Crippen LogP contribution in [0.2, 0.25) is 0 Å². The van der Waals surface area contributed by atoms with Crippen LogP contribution in [-0.4, -0.2) is 51.6 Å². The Morgan fingerprint density at radius 2 is 1.70 bits per heavy atom. The molecule has 1 aliphatic heterocycles. The Bertz CT molecular complexity index is 1490. The van der Waals surface area contributed by atoms with E-state index in [0.717, 1.165) is 16.9 Å². The number of para-hydroxylation sites is 1. The molecule has 5 rings (SSSR count). The SMILES string of the molecule is CC/C(=C\c1ccc(CO)o1)CC[C@@H](O)C1=C(CO)C[C@H]2C(=O)N(c3ccc(Nc4ccccc4)cc3)C(=O)[C@H]2[C@H]1CO. The third kappa shape index (κ3) is 6.35. The summed E-state index contributed by atoms with van der Waals surface area (Å²) in [5.74, 6) is -2.05. The number of benzene rings is 2. The molecule has 9 heteroatoms. The predicted molar refractivity (Wildman–Crippen MR) is 163 cm³/mol. The topological polar surface area (TPSA) is 143 Å². The minimum Gasteiger partial charge on any atom is -0.459 e. The number of imide groups is 1. The van der Waals surface area contributed by atoms with Gasteiger partial charge in [-0.15, -0.1) is 0 Å². The van der Waals surface area contributed by atoms with Gasteiger partial charge in [0.15, 0.2) is 0 Å². The van der Waals surface area contributed by atoms with Crippen LogP contribution in [0, 0.1) is 17.8 Å². The van der Waals surface area contributed by atoms with Crippen LogP contribution in [0.15, 0.2) is 87.9 Å². The summed E-state index contributed by atoms with van der Waals surface area (Å²) in [5, 5.41) is 44.6. The number of anilines is 3. The summed E-state index contributed by atoms with van der Waals surface area (Å²) in [4.78, 5) is 28.5. The number of fused-ring (bicyclic) bond motifs is 1. The van der Waals surface area contributed by atoms with Crippen LogP contribution >= 0.6 is 0 Å². The highest BCUT2D eigenvalue weighted by atomic mass is 16.4. The molecule has 1 aliphatic carbocycles. The summed E-state index contributed by atoms with van der Waals surface area (Å²) in [6.07, 6.45) is 2.55. The maximum atomic E-state index is 13.8. The first-order chi connectivity index (χ1) is 20.9. The molecule has 2 amide bonds. The Balaban J connectivity index is 1.33. The van der Waals surface area contributed by atoms with Crippen molar-refractivity contribution < 1.29 is 34.4 Å². The number of hydrogen-bond acceptors (Lipinski definition) is 8. The second-order valence-electron chi connectivity index (χ2n) is 11.1. The number of carbonyl (C=O) groups is 2. The Labute approximate surface area is 250 Å². The smallest absolute Gasteiger partial charge is 0.238 e. The van der Waals surface area contributed by atoms with Gasteiger partial charge in [0.2, 0.25) is 11.8 Å². The Morgan fingerprint density at radius 3 is 2.33 bits per heavy atom. The largest absolute Gasteiger partial charge is 0.459 e. The number of aliphatic hydroxyl groups is 4. The second-order valence-corrected chi connectivity index (χ2v) is 11.1. The summed E-state index contributed by atoms with van der Waals surface area (Å²) < 4.78 is 5.56. The molecule has 43 heavy (non-hydrogen) atoms. The van der Waals surface area contributed by atoms with Crippen molar-refractivity contribution >= 4 is 35.0 Å². The highest BCUT2D eigenvalue weighted by Crippen LogP contribution is 2.47. The van der Waals surface area contributed by atoms with Gasteiger partial charge in [0.05, 0.1) is 36.8 Å². The lowest BCUT2D eigenvalue weighted by Gasteiger charge is -2.36. The summed E-state index contributed by atoms with van der Waals surface area (Å²) in [6, 6.07) is 20.1. The van der Waals surface area contributed by atoms with E-state index >= 15 is 0 Å². The Hall–Kier alpha value is -4.02. The van der Waals surface area contributed by atoms with E-state index < -0.39 is 36.4 Å². The number of nitrogens with zero attached hydrogens (tertiary/aromatic N) is 1. The fourth-order valence-electron chi connectivity index (χ4n) is 6.33. The van der Waals surface area contributed by atoms with E-state index in [0.29, 0.717) is 47.6 Å². The van der Waals surface area contributed by atoms with Crippen LogP contribution in [0.4, 0.5) is 17.1 Å². The lowest BCUT2D eigenvalue weighted by Crippen LogP contribution is -2.39. The molecule has 0 bridgehead atoms. The Morgan fingerprint density at radius 1 is 0.977 bits per heavy atom. The molecule has 0 saturated carbocycles. The van der Waals surface area contributed by atoms with Crippen LogP contribution in [0.5, 0.6) is 0 Å². The van der Waals surface area contributed by atoms with Crippen LogP contribution in [0.3, 0.4) is 0 Å². The zero-order valence-corrected chi connectivity index (χ0v) is 24.1. The molecule has 3 aromatic rings. The van der Waals surface area contributed by atoms with Crippen molar-refractivity contribution in [1.29, 1.82) is 0 Å². The predicted octanol–water partition coefficient (Wildman–Crippen LogP) is 4.56. The van der Waals surface area contributed by atoms with Gasteiger partial charge in [0.25, 0.3) is 0 Å². The van der Waals surface area contributed by atoms with Crippen LogP contribution in [-0.2, 0) is 16.2 Å². The van der Waals surface area contributed by atoms with E-state index in [4.69, 9.17) is 4.42 Å². The summed E-state index contributed by atoms with van der Waals surface area (Å²) in [5.41, 5.74) is 4.11. The molecular weight excluding hydrogens is 548 g/mol. The van der Waals surface area contributed by atoms with Gasteiger partial charge in [-0.05, 0) is 91.4 Å². The van der Waals surface area contributed by atoms with Gasteiger partial charge >= 0.3 is 0 Å². The van der Waals surface area contributed by atoms with Crippen molar-refractivity contribution in [2.45, 2.75) is 45.3 Å². The molecule has 1 saturated heterocycles. The van der Waals surface area contributed by atoms with Crippen molar-refractivity contribution in [1.82, 2.24) is 0 Å². The van der Waals surface area contributed by atoms with Gasteiger partial charge in [-0.1, -0.05) is 30.7 Å². The van der Waals surface area contributed by atoms with Crippen molar-refractivity contribution in [3.05, 3.63) is 95.0 Å². The average molecular weight is 587 g/mol. The third-order valence-corrected chi connectivity index (χ3v) is 8.50. The number of nitrogens with one attached hydrogen (secondary N) is 1. The maximum absolute atomic E-state index is 13.8. The van der Waals surface area contributed by atoms with E-state index in [1.165, 1.54) is 4.90 Å². The number of aliphatic hydroxyl groups excluding tert-OH is 4. The van der Waals surface area contributed by atoms with Crippen molar-refractivity contribution in [3.8, 4) is 0 Å². The fourth-order valence-corrected chi connectivity index (χ4v) is 6.33. The average Bonchev–Trinajstić information content (AvgIpc) is 3.60. The molecule has 2 heterocycles. The first-order valence-corrected chi connectivity index (χ1v) is 14.7. The normalized spacial score (nSPS) is 21.4. The molecule has 9 nitrogen and oxygen atoms in total. The summed E-state index contributed by atoms with van der Waals surface area (Å²) in [6.45, 7) is 0.999. The zero-order chi connectivity index (χ0) is 30.5. The van der Waals surface area contributed by atoms with Crippen LogP contribution in [0.25, 0.3) is 6.08 Å². The minimum absolute atomic E-state index is 0.144. The van der Waals surface area contributed by atoms with Gasteiger partial charge in [-0.3, -0.25) is 14.5 Å². The molecule has 0 unspecified atom stereocenters.